The SMILES string of the molecule is CNC(C(=O)NCCS(=O)(=O)c1ccc(F)cc1)c1cnn(C)c1.Cl. The normalized spacial score (nSPS) is 12.3. The molecular formula is C15H20ClFN4O3S. The predicted octanol–water partition coefficient (Wildman–Crippen LogP) is 0.832. The molecule has 0 aliphatic carbocycles. The summed E-state index contributed by atoms with van der Waals surface area (Å²) in [4.78, 5) is 12.2. The van der Waals surface area contributed by atoms with E-state index in [1.807, 2.05) is 0 Å². The third kappa shape index (κ3) is 5.52. The molecule has 0 aliphatic heterocycles. The number of hydrogen-bond acceptors (Lipinski definition) is 5. The first-order valence-electron chi connectivity index (χ1n) is 7.25. The van der Waals surface area contributed by atoms with E-state index in [4.69, 9.17) is 0 Å². The first-order chi connectivity index (χ1) is 11.3. The minimum absolute atomic E-state index is 0. The highest BCUT2D eigenvalue weighted by molar-refractivity contribution is 7.91. The molecular weight excluding hydrogens is 371 g/mol. The third-order valence-corrected chi connectivity index (χ3v) is 5.18. The lowest BCUT2D eigenvalue weighted by Crippen LogP contribution is -2.38. The highest BCUT2D eigenvalue weighted by Crippen LogP contribution is 2.13. The van der Waals surface area contributed by atoms with Crippen molar-refractivity contribution in [3.05, 3.63) is 48.0 Å². The molecule has 0 bridgehead atoms. The summed E-state index contributed by atoms with van der Waals surface area (Å²) in [6.45, 7) is -0.0447. The minimum atomic E-state index is -3.58. The van der Waals surface area contributed by atoms with Crippen LogP contribution in [0.15, 0.2) is 41.6 Å². The van der Waals surface area contributed by atoms with Gasteiger partial charge in [-0.1, -0.05) is 0 Å². The van der Waals surface area contributed by atoms with Gasteiger partial charge in [-0.2, -0.15) is 5.10 Å². The van der Waals surface area contributed by atoms with E-state index in [1.165, 1.54) is 12.1 Å². The highest BCUT2D eigenvalue weighted by atomic mass is 35.5. The van der Waals surface area contributed by atoms with E-state index in [2.05, 4.69) is 15.7 Å². The van der Waals surface area contributed by atoms with Crippen LogP contribution < -0.4 is 10.6 Å². The van der Waals surface area contributed by atoms with Crippen LogP contribution in [0.1, 0.15) is 11.6 Å². The number of aryl methyl sites for hydroxylation is 1. The Labute approximate surface area is 151 Å². The molecule has 0 saturated carbocycles. The van der Waals surface area contributed by atoms with Crippen LogP contribution in [0.3, 0.4) is 0 Å². The number of carbonyl (C=O) groups excluding carboxylic acids is 1. The van der Waals surface area contributed by atoms with Gasteiger partial charge in [0, 0.05) is 25.4 Å². The summed E-state index contributed by atoms with van der Waals surface area (Å²) in [5, 5.41) is 9.45. The maximum absolute atomic E-state index is 12.9. The molecule has 0 radical (unpaired) electrons. The maximum atomic E-state index is 12.9. The highest BCUT2D eigenvalue weighted by Gasteiger charge is 2.21. The van der Waals surface area contributed by atoms with E-state index in [0.717, 1.165) is 12.1 Å². The number of hydrogen-bond donors (Lipinski definition) is 2. The molecule has 2 N–H and O–H groups in total. The van der Waals surface area contributed by atoms with Crippen molar-refractivity contribution in [1.82, 2.24) is 20.4 Å². The molecule has 2 aromatic rings. The Hall–Kier alpha value is -1.97. The maximum Gasteiger partial charge on any atom is 0.241 e. The molecule has 1 atom stereocenters. The van der Waals surface area contributed by atoms with Crippen LogP contribution >= 0.6 is 12.4 Å². The fraction of sp³-hybridized carbons (Fsp3) is 0.333. The molecule has 0 saturated heterocycles. The van der Waals surface area contributed by atoms with Crippen LogP contribution in [0.25, 0.3) is 0 Å². The van der Waals surface area contributed by atoms with Crippen molar-refractivity contribution in [2.24, 2.45) is 7.05 Å². The Morgan fingerprint density at radius 3 is 2.48 bits per heavy atom. The fourth-order valence-corrected chi connectivity index (χ4v) is 3.37. The molecule has 2 rings (SSSR count). The Bertz CT molecular complexity index is 808. The number of likely N-dealkylation sites (N-methyl/N-ethyl adjacent to an activating group) is 1. The second-order valence-electron chi connectivity index (χ2n) is 5.23. The average molecular weight is 391 g/mol. The average Bonchev–Trinajstić information content (AvgIpc) is 2.94. The topological polar surface area (TPSA) is 93.1 Å². The molecule has 7 nitrogen and oxygen atoms in total. The molecule has 0 spiro atoms. The van der Waals surface area contributed by atoms with E-state index < -0.39 is 21.7 Å². The van der Waals surface area contributed by atoms with Gasteiger partial charge >= 0.3 is 0 Å². The van der Waals surface area contributed by atoms with E-state index in [-0.39, 0.29) is 35.5 Å². The van der Waals surface area contributed by atoms with Gasteiger partial charge in [0.25, 0.3) is 0 Å². The summed E-state index contributed by atoms with van der Waals surface area (Å²) < 4.78 is 38.7. The van der Waals surface area contributed by atoms with Crippen molar-refractivity contribution < 1.29 is 17.6 Å². The van der Waals surface area contributed by atoms with Crippen molar-refractivity contribution in [1.29, 1.82) is 0 Å². The lowest BCUT2D eigenvalue weighted by molar-refractivity contribution is -0.123. The quantitative estimate of drug-likeness (QED) is 0.683. The Kier molecular flexibility index (Phi) is 7.53. The van der Waals surface area contributed by atoms with Crippen LogP contribution in [0.5, 0.6) is 0 Å². The largest absolute Gasteiger partial charge is 0.353 e. The van der Waals surface area contributed by atoms with Crippen molar-refractivity contribution in [3.8, 4) is 0 Å². The molecule has 1 heterocycles. The molecule has 138 valence electrons. The van der Waals surface area contributed by atoms with E-state index in [9.17, 15) is 17.6 Å². The van der Waals surface area contributed by atoms with Crippen molar-refractivity contribution in [3.63, 3.8) is 0 Å². The summed E-state index contributed by atoms with van der Waals surface area (Å²) in [6.07, 6.45) is 3.27. The summed E-state index contributed by atoms with van der Waals surface area (Å²) in [6, 6.07) is 3.97. The van der Waals surface area contributed by atoms with E-state index in [1.54, 1.807) is 31.2 Å². The number of rotatable bonds is 7. The van der Waals surface area contributed by atoms with Crippen molar-refractivity contribution >= 4 is 28.2 Å². The number of sulfone groups is 1. The second kappa shape index (κ2) is 8.93. The molecule has 1 amide bonds. The van der Waals surface area contributed by atoms with Crippen LogP contribution in [0.2, 0.25) is 0 Å². The zero-order chi connectivity index (χ0) is 17.7. The van der Waals surface area contributed by atoms with Crippen LogP contribution in [0.4, 0.5) is 4.39 Å². The summed E-state index contributed by atoms with van der Waals surface area (Å²) in [5.41, 5.74) is 0.680. The summed E-state index contributed by atoms with van der Waals surface area (Å²) in [5.74, 6) is -1.12. The molecule has 1 aromatic heterocycles. The van der Waals surface area contributed by atoms with Gasteiger partial charge in [-0.05, 0) is 31.3 Å². The van der Waals surface area contributed by atoms with E-state index in [0.29, 0.717) is 5.56 Å². The van der Waals surface area contributed by atoms with E-state index >= 15 is 0 Å². The Balaban J connectivity index is 0.00000312. The van der Waals surface area contributed by atoms with Crippen LogP contribution in [0, 0.1) is 5.82 Å². The standard InChI is InChI=1S/C15H19FN4O3S.ClH/c1-17-14(11-9-19-20(2)10-11)15(21)18-7-8-24(22,23)13-5-3-12(16)4-6-13;/h3-6,9-10,14,17H,7-8H2,1-2H3,(H,18,21);1H. The Morgan fingerprint density at radius 1 is 1.32 bits per heavy atom. The van der Waals surface area contributed by atoms with Crippen LogP contribution in [-0.4, -0.2) is 43.5 Å². The number of nitrogens with one attached hydrogen (secondary N) is 2. The zero-order valence-electron chi connectivity index (χ0n) is 13.8. The van der Waals surface area contributed by atoms with Gasteiger partial charge < -0.3 is 10.6 Å². The van der Waals surface area contributed by atoms with Gasteiger partial charge in [0.15, 0.2) is 9.84 Å². The lowest BCUT2D eigenvalue weighted by Gasteiger charge is -2.14. The van der Waals surface area contributed by atoms with Gasteiger partial charge in [0.05, 0.1) is 16.8 Å². The number of carbonyl (C=O) groups is 1. The number of amides is 1. The van der Waals surface area contributed by atoms with Gasteiger partial charge in [-0.15, -0.1) is 12.4 Å². The van der Waals surface area contributed by atoms with Gasteiger partial charge in [-0.25, -0.2) is 12.8 Å². The molecule has 0 fully saturated rings. The first kappa shape index (κ1) is 21.1. The number of benzene rings is 1. The number of aromatic nitrogens is 2. The lowest BCUT2D eigenvalue weighted by atomic mass is 10.1. The van der Waals surface area contributed by atoms with Gasteiger partial charge in [-0.3, -0.25) is 9.48 Å². The summed E-state index contributed by atoms with van der Waals surface area (Å²) >= 11 is 0. The third-order valence-electron chi connectivity index (χ3n) is 3.45. The molecule has 1 unspecified atom stereocenters. The first-order valence-corrected chi connectivity index (χ1v) is 8.90. The summed E-state index contributed by atoms with van der Waals surface area (Å²) in [7, 11) is -0.213. The monoisotopic (exact) mass is 390 g/mol. The number of halogens is 2. The van der Waals surface area contributed by atoms with Crippen molar-refractivity contribution in [2.75, 3.05) is 19.3 Å². The Morgan fingerprint density at radius 2 is 1.96 bits per heavy atom. The molecule has 10 heteroatoms. The minimum Gasteiger partial charge on any atom is -0.353 e. The predicted molar refractivity (Wildman–Crippen MR) is 93.7 cm³/mol. The van der Waals surface area contributed by atoms with Gasteiger partial charge in [0.1, 0.15) is 11.9 Å². The molecule has 1 aromatic carbocycles. The zero-order valence-corrected chi connectivity index (χ0v) is 15.4. The smallest absolute Gasteiger partial charge is 0.241 e. The van der Waals surface area contributed by atoms with Crippen LogP contribution in [-0.2, 0) is 21.7 Å². The second-order valence-corrected chi connectivity index (χ2v) is 7.34. The fourth-order valence-electron chi connectivity index (χ4n) is 2.21. The molecule has 0 aliphatic rings. The van der Waals surface area contributed by atoms with Crippen molar-refractivity contribution in [2.45, 2.75) is 10.9 Å². The van der Waals surface area contributed by atoms with Gasteiger partial charge in [0.2, 0.25) is 5.91 Å². The number of nitrogens with zero attached hydrogens (tertiary/aromatic N) is 2. The molecule has 25 heavy (non-hydrogen) atoms.